The Morgan fingerprint density at radius 3 is 2.30 bits per heavy atom. The van der Waals surface area contributed by atoms with Gasteiger partial charge in [0.15, 0.2) is 0 Å². The highest BCUT2D eigenvalue weighted by molar-refractivity contribution is 6.04. The van der Waals surface area contributed by atoms with Gasteiger partial charge in [-0.15, -0.1) is 5.06 Å². The number of hydrogen-bond acceptors (Lipinski definition) is 8. The molecule has 0 radical (unpaired) electrons. The van der Waals surface area contributed by atoms with Crippen LogP contribution in [0.2, 0.25) is 0 Å². The molecule has 0 aromatic heterocycles. The number of imide groups is 1. The number of carbonyl (C=O) groups excluding carboxylic acids is 4. The summed E-state index contributed by atoms with van der Waals surface area (Å²) in [4.78, 5) is 57.7. The van der Waals surface area contributed by atoms with Crippen molar-refractivity contribution in [3.63, 3.8) is 0 Å². The summed E-state index contributed by atoms with van der Waals surface area (Å²) in [5, 5.41) is 15.5. The molecule has 2 amide bonds. The number of rotatable bonds is 4. The molecular formula is C37H33N3O7. The Hall–Kier alpha value is -4.99. The second kappa shape index (κ2) is 10.5. The zero-order valence-electron chi connectivity index (χ0n) is 26.0. The zero-order valence-corrected chi connectivity index (χ0v) is 26.0. The van der Waals surface area contributed by atoms with Gasteiger partial charge in [0.2, 0.25) is 5.36 Å². The van der Waals surface area contributed by atoms with Crippen LogP contribution in [0.3, 0.4) is 0 Å². The molecule has 6 aliphatic rings. The van der Waals surface area contributed by atoms with Crippen molar-refractivity contribution in [3.8, 4) is 11.5 Å². The summed E-state index contributed by atoms with van der Waals surface area (Å²) < 4.78 is 9.52. The van der Waals surface area contributed by atoms with Crippen LogP contribution >= 0.6 is 0 Å². The average molecular weight is 632 g/mol. The molecule has 3 aromatic rings. The third-order valence-electron chi connectivity index (χ3n) is 10.6. The molecule has 0 bridgehead atoms. The van der Waals surface area contributed by atoms with Gasteiger partial charge in [-0.3, -0.25) is 9.59 Å². The van der Waals surface area contributed by atoms with Crippen molar-refractivity contribution >= 4 is 35.0 Å². The number of carboxylic acids is 1. The largest absolute Gasteiger partial charge is 0.545 e. The van der Waals surface area contributed by atoms with E-state index in [2.05, 4.69) is 21.6 Å². The molecule has 0 saturated carbocycles. The van der Waals surface area contributed by atoms with Gasteiger partial charge in [-0.1, -0.05) is 6.07 Å². The van der Waals surface area contributed by atoms with E-state index >= 15 is 0 Å². The summed E-state index contributed by atoms with van der Waals surface area (Å²) in [7, 11) is 0. The van der Waals surface area contributed by atoms with Gasteiger partial charge >= 0.3 is 5.97 Å². The van der Waals surface area contributed by atoms with E-state index in [-0.39, 0.29) is 24.0 Å². The maximum absolute atomic E-state index is 13.1. The standard InChI is InChI=1S/C37H33N3O7/c41-29-11-12-30(42)40(29)47-37(45)22-9-10-23(26(19-22)36(43)44)31-27-17-20-5-1-13-38-15-3-7-24(32(20)38)34(27)46-35-25-8-4-16-39-14-2-6-21(33(25)39)18-28(31)35/h9-10,17-19H,1-8,11-16H2. The van der Waals surface area contributed by atoms with E-state index in [1.807, 2.05) is 0 Å². The van der Waals surface area contributed by atoms with Crippen molar-refractivity contribution in [2.24, 2.45) is 0 Å². The van der Waals surface area contributed by atoms with Crippen molar-refractivity contribution < 1.29 is 33.9 Å². The van der Waals surface area contributed by atoms with Crippen molar-refractivity contribution in [2.45, 2.75) is 64.2 Å². The smallest absolute Gasteiger partial charge is 0.363 e. The summed E-state index contributed by atoms with van der Waals surface area (Å²) >= 11 is 0. The average Bonchev–Trinajstić information content (AvgIpc) is 3.40. The number of carbonyl (C=O) groups is 4. The highest BCUT2D eigenvalue weighted by Gasteiger charge is 2.37. The first-order valence-electron chi connectivity index (χ1n) is 16.7. The number of aryl methyl sites for hydroxylation is 2. The van der Waals surface area contributed by atoms with Crippen molar-refractivity contribution in [1.29, 1.82) is 0 Å². The highest BCUT2D eigenvalue weighted by atomic mass is 16.7. The van der Waals surface area contributed by atoms with Crippen molar-refractivity contribution in [1.82, 2.24) is 9.64 Å². The van der Waals surface area contributed by atoms with Crippen LogP contribution in [0.1, 0.15) is 92.6 Å². The number of hydrogen-bond donors (Lipinski definition) is 0. The van der Waals surface area contributed by atoms with Crippen LogP contribution in [0.5, 0.6) is 11.5 Å². The lowest BCUT2D eigenvalue weighted by Crippen LogP contribution is -2.45. The number of anilines is 1. The first-order chi connectivity index (χ1) is 22.9. The molecule has 6 heterocycles. The van der Waals surface area contributed by atoms with Crippen LogP contribution in [0.15, 0.2) is 30.3 Å². The lowest BCUT2D eigenvalue weighted by Gasteiger charge is -2.39. The van der Waals surface area contributed by atoms with Gasteiger partial charge in [0.05, 0.1) is 17.1 Å². The van der Waals surface area contributed by atoms with E-state index in [4.69, 9.17) is 9.57 Å². The van der Waals surface area contributed by atoms with E-state index in [1.54, 1.807) is 6.07 Å². The van der Waals surface area contributed by atoms with Crippen molar-refractivity contribution in [3.05, 3.63) is 85.4 Å². The molecule has 10 nitrogen and oxygen atoms in total. The van der Waals surface area contributed by atoms with Crippen LogP contribution in [-0.2, 0) is 40.1 Å². The summed E-state index contributed by atoms with van der Waals surface area (Å²) in [5.41, 5.74) is 7.89. The maximum Gasteiger partial charge on any atom is 0.363 e. The normalized spacial score (nSPS) is 19.1. The Balaban J connectivity index is 1.30. The second-order valence-corrected chi connectivity index (χ2v) is 13.4. The molecule has 0 atom stereocenters. The van der Waals surface area contributed by atoms with Crippen LogP contribution < -0.4 is 29.9 Å². The summed E-state index contributed by atoms with van der Waals surface area (Å²) in [6.07, 6.45) is 7.68. The molecule has 238 valence electrons. The Morgan fingerprint density at radius 1 is 0.787 bits per heavy atom. The molecule has 0 spiro atoms. The van der Waals surface area contributed by atoms with Gasteiger partial charge in [0.1, 0.15) is 24.6 Å². The molecule has 0 unspecified atom stereocenters. The van der Waals surface area contributed by atoms with Gasteiger partial charge in [0.25, 0.3) is 11.8 Å². The van der Waals surface area contributed by atoms with Gasteiger partial charge in [-0.2, -0.15) is 0 Å². The van der Waals surface area contributed by atoms with E-state index < -0.39 is 23.8 Å². The van der Waals surface area contributed by atoms with Crippen molar-refractivity contribution in [2.75, 3.05) is 31.1 Å². The Kier molecular flexibility index (Phi) is 6.32. The minimum atomic E-state index is -1.44. The number of ether oxygens (including phenoxy) is 1. The molecule has 10 heteroatoms. The molecule has 9 rings (SSSR count). The van der Waals surface area contributed by atoms with Gasteiger partial charge < -0.3 is 24.4 Å². The van der Waals surface area contributed by atoms with Gasteiger partial charge in [-0.05, 0) is 73.9 Å². The third-order valence-corrected chi connectivity index (χ3v) is 10.6. The maximum atomic E-state index is 13.1. The predicted octanol–water partition coefficient (Wildman–Crippen LogP) is 1.71. The van der Waals surface area contributed by atoms with Crippen LogP contribution in [0.4, 0.5) is 5.69 Å². The van der Waals surface area contributed by atoms with Gasteiger partial charge in [0, 0.05) is 77.5 Å². The number of fused-ring (bicyclic) bond motifs is 4. The fraction of sp³-hybridized carbons (Fsp3) is 0.378. The summed E-state index contributed by atoms with van der Waals surface area (Å²) in [6.45, 7) is 4.06. The minimum Gasteiger partial charge on any atom is -0.545 e. The lowest BCUT2D eigenvalue weighted by atomic mass is 9.81. The van der Waals surface area contributed by atoms with E-state index in [1.165, 1.54) is 45.4 Å². The van der Waals surface area contributed by atoms with Gasteiger partial charge in [-0.25, -0.2) is 9.37 Å². The first kappa shape index (κ1) is 28.3. The fourth-order valence-corrected chi connectivity index (χ4v) is 8.66. The lowest BCUT2D eigenvalue weighted by molar-refractivity contribution is -0.255. The zero-order chi connectivity index (χ0) is 32.0. The molecule has 1 saturated heterocycles. The molecule has 47 heavy (non-hydrogen) atoms. The number of amides is 2. The summed E-state index contributed by atoms with van der Waals surface area (Å²) in [5.74, 6) is -2.06. The molecular weight excluding hydrogens is 598 g/mol. The number of benzene rings is 3. The van der Waals surface area contributed by atoms with Crippen LogP contribution in [0.25, 0.3) is 5.57 Å². The van der Waals surface area contributed by atoms with E-state index in [0.717, 1.165) is 105 Å². The first-order valence-corrected chi connectivity index (χ1v) is 16.7. The topological polar surface area (TPSA) is 119 Å². The molecule has 3 aromatic carbocycles. The quantitative estimate of drug-likeness (QED) is 0.247. The molecule has 1 fully saturated rings. The second-order valence-electron chi connectivity index (χ2n) is 13.4. The SMILES string of the molecule is O=C(ON1C(=O)CCC1=O)c1ccc(C2=c3cc4c5c(c3Oc3c2cc2c6c3CCCN6CCC2)CCC[N+]=5CCC4)c(C(=O)[O-])c1. The number of hydroxylamine groups is 2. The van der Waals surface area contributed by atoms with Crippen LogP contribution in [-0.4, -0.2) is 55.0 Å². The Morgan fingerprint density at radius 2 is 1.51 bits per heavy atom. The number of carboxylic acid groups (broad SMARTS) is 1. The van der Waals surface area contributed by atoms with E-state index in [0.29, 0.717) is 10.6 Å². The Bertz CT molecular complexity index is 2090. The molecule has 0 aliphatic carbocycles. The fourth-order valence-electron chi connectivity index (χ4n) is 8.66. The molecule has 0 N–H and O–H groups in total. The highest BCUT2D eigenvalue weighted by Crippen LogP contribution is 2.48. The Labute approximate surface area is 270 Å². The van der Waals surface area contributed by atoms with E-state index in [9.17, 15) is 24.3 Å². The monoisotopic (exact) mass is 631 g/mol. The number of aromatic carboxylic acids is 1. The summed E-state index contributed by atoms with van der Waals surface area (Å²) in [6, 6.07) is 8.72. The third kappa shape index (κ3) is 4.26. The number of nitrogens with zero attached hydrogens (tertiary/aromatic N) is 3. The molecule has 6 aliphatic heterocycles. The predicted molar refractivity (Wildman–Crippen MR) is 168 cm³/mol. The minimum absolute atomic E-state index is 0.0402. The van der Waals surface area contributed by atoms with Crippen LogP contribution in [0, 0.1) is 0 Å².